The zero-order valence-electron chi connectivity index (χ0n) is 16.9. The van der Waals surface area contributed by atoms with Crippen LogP contribution >= 0.6 is 0 Å². The molecule has 0 fully saturated rings. The summed E-state index contributed by atoms with van der Waals surface area (Å²) < 4.78 is 0. The Bertz CT molecular complexity index is 981. The maximum Gasteiger partial charge on any atom is 0.255 e. The maximum absolute atomic E-state index is 12.5. The van der Waals surface area contributed by atoms with Gasteiger partial charge in [-0.15, -0.1) is 0 Å². The first-order chi connectivity index (χ1) is 14.2. The molecule has 29 heavy (non-hydrogen) atoms. The molecule has 1 aromatic heterocycles. The lowest BCUT2D eigenvalue weighted by molar-refractivity contribution is 0.0950. The number of carbonyl (C=O) groups excluding carboxylic acids is 1. The molecule has 1 amide bonds. The number of aromatic hydroxyl groups is 1. The molecule has 4 heteroatoms. The second-order valence-corrected chi connectivity index (χ2v) is 7.18. The van der Waals surface area contributed by atoms with Crippen LogP contribution in [0.15, 0.2) is 54.6 Å². The van der Waals surface area contributed by atoms with E-state index in [4.69, 9.17) is 0 Å². The largest absolute Gasteiger partial charge is 0.505 e. The Morgan fingerprint density at radius 2 is 1.72 bits per heavy atom. The number of hydrogen-bond acceptors (Lipinski definition) is 3. The van der Waals surface area contributed by atoms with E-state index in [9.17, 15) is 9.90 Å². The number of hydrogen-bond donors (Lipinski definition) is 2. The second-order valence-electron chi connectivity index (χ2n) is 7.18. The first kappa shape index (κ1) is 20.6. The van der Waals surface area contributed by atoms with E-state index in [0.717, 1.165) is 29.5 Å². The summed E-state index contributed by atoms with van der Waals surface area (Å²) >= 11 is 0. The molecule has 0 aliphatic heterocycles. The van der Waals surface area contributed by atoms with E-state index in [0.29, 0.717) is 12.1 Å². The van der Waals surface area contributed by atoms with Gasteiger partial charge in [0.15, 0.2) is 5.75 Å². The Balaban J connectivity index is 1.72. The fraction of sp³-hybridized carbons (Fsp3) is 0.280. The fourth-order valence-corrected chi connectivity index (χ4v) is 3.24. The SMILES string of the molecule is CCCCCCCNC(=O)c1ccc2ccc(C=Cc3ccccc3)nc2c1O. The molecule has 1 heterocycles. The lowest BCUT2D eigenvalue weighted by Crippen LogP contribution is -2.24. The van der Waals surface area contributed by atoms with Crippen LogP contribution in [0.25, 0.3) is 23.1 Å². The van der Waals surface area contributed by atoms with Crippen LogP contribution in [0, 0.1) is 0 Å². The van der Waals surface area contributed by atoms with Gasteiger partial charge in [-0.1, -0.05) is 81.1 Å². The first-order valence-corrected chi connectivity index (χ1v) is 10.3. The standard InChI is InChI=1S/C25H28N2O2/c1-2-3-4-5-9-18-26-25(29)22-17-14-20-13-16-21(27-23(20)24(22)28)15-12-19-10-7-6-8-11-19/h6-8,10-17,28H,2-5,9,18H2,1H3,(H,26,29). The molecule has 2 aromatic carbocycles. The van der Waals surface area contributed by atoms with Gasteiger partial charge in [-0.2, -0.15) is 0 Å². The average Bonchev–Trinajstić information content (AvgIpc) is 2.75. The van der Waals surface area contributed by atoms with Crippen molar-refractivity contribution in [1.82, 2.24) is 10.3 Å². The van der Waals surface area contributed by atoms with Gasteiger partial charge >= 0.3 is 0 Å². The molecule has 150 valence electrons. The van der Waals surface area contributed by atoms with Crippen LogP contribution < -0.4 is 5.32 Å². The van der Waals surface area contributed by atoms with Gasteiger partial charge in [-0.05, 0) is 30.2 Å². The number of pyridine rings is 1. The van der Waals surface area contributed by atoms with Gasteiger partial charge < -0.3 is 10.4 Å². The number of amides is 1. The average molecular weight is 389 g/mol. The molecule has 3 rings (SSSR count). The molecule has 0 saturated heterocycles. The highest BCUT2D eigenvalue weighted by atomic mass is 16.3. The number of rotatable bonds is 9. The number of phenols is 1. The number of benzene rings is 2. The smallest absolute Gasteiger partial charge is 0.255 e. The number of carbonyl (C=O) groups is 1. The van der Waals surface area contributed by atoms with Gasteiger partial charge in [0, 0.05) is 11.9 Å². The molecule has 0 atom stereocenters. The number of nitrogens with zero attached hydrogens (tertiary/aromatic N) is 1. The molecule has 0 saturated carbocycles. The van der Waals surface area contributed by atoms with Crippen molar-refractivity contribution in [1.29, 1.82) is 0 Å². The second kappa shape index (κ2) is 10.4. The summed E-state index contributed by atoms with van der Waals surface area (Å²) in [5, 5.41) is 14.4. The third kappa shape index (κ3) is 5.67. The van der Waals surface area contributed by atoms with Crippen LogP contribution in [0.5, 0.6) is 5.75 Å². The van der Waals surface area contributed by atoms with Gasteiger partial charge in [0.2, 0.25) is 0 Å². The molecule has 0 spiro atoms. The normalized spacial score (nSPS) is 11.2. The molecule has 2 N–H and O–H groups in total. The maximum atomic E-state index is 12.5. The van der Waals surface area contributed by atoms with E-state index in [1.165, 1.54) is 19.3 Å². The van der Waals surface area contributed by atoms with Crippen molar-refractivity contribution in [2.24, 2.45) is 0 Å². The van der Waals surface area contributed by atoms with E-state index < -0.39 is 0 Å². The van der Waals surface area contributed by atoms with Crippen LogP contribution in [-0.4, -0.2) is 22.5 Å². The fourth-order valence-electron chi connectivity index (χ4n) is 3.24. The quantitative estimate of drug-likeness (QED) is 0.455. The molecule has 0 aliphatic carbocycles. The third-order valence-corrected chi connectivity index (χ3v) is 4.91. The number of phenolic OH excluding ortho intramolecular Hbond substituents is 1. The van der Waals surface area contributed by atoms with Crippen molar-refractivity contribution in [3.05, 3.63) is 71.4 Å². The van der Waals surface area contributed by atoms with Crippen molar-refractivity contribution in [3.8, 4) is 5.75 Å². The van der Waals surface area contributed by atoms with Crippen LogP contribution in [0.1, 0.15) is 60.6 Å². The predicted octanol–water partition coefficient (Wildman–Crippen LogP) is 5.81. The molecule has 0 radical (unpaired) electrons. The summed E-state index contributed by atoms with van der Waals surface area (Å²) in [7, 11) is 0. The Kier molecular flexibility index (Phi) is 7.40. The highest BCUT2D eigenvalue weighted by Crippen LogP contribution is 2.28. The van der Waals surface area contributed by atoms with E-state index in [2.05, 4.69) is 17.2 Å². The summed E-state index contributed by atoms with van der Waals surface area (Å²) in [6.45, 7) is 2.80. The minimum absolute atomic E-state index is 0.0686. The zero-order valence-corrected chi connectivity index (χ0v) is 16.9. The van der Waals surface area contributed by atoms with Crippen molar-refractivity contribution in [3.63, 3.8) is 0 Å². The highest BCUT2D eigenvalue weighted by molar-refractivity contribution is 6.02. The minimum atomic E-state index is -0.257. The summed E-state index contributed by atoms with van der Waals surface area (Å²) in [4.78, 5) is 17.0. The van der Waals surface area contributed by atoms with Gasteiger partial charge in [0.1, 0.15) is 5.52 Å². The number of fused-ring (bicyclic) bond motifs is 1. The predicted molar refractivity (Wildman–Crippen MR) is 120 cm³/mol. The van der Waals surface area contributed by atoms with Crippen molar-refractivity contribution in [2.75, 3.05) is 6.54 Å². The molecular weight excluding hydrogens is 360 g/mol. The molecule has 0 unspecified atom stereocenters. The van der Waals surface area contributed by atoms with Crippen LogP contribution in [-0.2, 0) is 0 Å². The molecule has 4 nitrogen and oxygen atoms in total. The monoisotopic (exact) mass is 388 g/mol. The van der Waals surface area contributed by atoms with Crippen LogP contribution in [0.3, 0.4) is 0 Å². The van der Waals surface area contributed by atoms with Crippen molar-refractivity contribution < 1.29 is 9.90 Å². The van der Waals surface area contributed by atoms with Gasteiger partial charge in [-0.25, -0.2) is 4.98 Å². The molecule has 0 aliphatic rings. The van der Waals surface area contributed by atoms with Crippen molar-refractivity contribution in [2.45, 2.75) is 39.0 Å². The van der Waals surface area contributed by atoms with E-state index >= 15 is 0 Å². The van der Waals surface area contributed by atoms with E-state index in [1.54, 1.807) is 6.07 Å². The summed E-state index contributed by atoms with van der Waals surface area (Å²) in [6, 6.07) is 17.2. The topological polar surface area (TPSA) is 62.2 Å². The molecule has 0 bridgehead atoms. The number of aromatic nitrogens is 1. The van der Waals surface area contributed by atoms with Gasteiger partial charge in [0.25, 0.3) is 5.91 Å². The van der Waals surface area contributed by atoms with Crippen molar-refractivity contribution >= 4 is 29.0 Å². The van der Waals surface area contributed by atoms with Crippen LogP contribution in [0.2, 0.25) is 0 Å². The summed E-state index contributed by atoms with van der Waals surface area (Å²) in [6.07, 6.45) is 9.55. The first-order valence-electron chi connectivity index (χ1n) is 10.3. The van der Waals surface area contributed by atoms with E-state index in [1.807, 2.05) is 60.7 Å². The summed E-state index contributed by atoms with van der Waals surface area (Å²) in [5.41, 5.74) is 2.51. The minimum Gasteiger partial charge on any atom is -0.505 e. The summed E-state index contributed by atoms with van der Waals surface area (Å²) in [5.74, 6) is -0.326. The zero-order chi connectivity index (χ0) is 20.5. The molecule has 3 aromatic rings. The Morgan fingerprint density at radius 1 is 0.966 bits per heavy atom. The highest BCUT2D eigenvalue weighted by Gasteiger charge is 2.14. The Morgan fingerprint density at radius 3 is 2.52 bits per heavy atom. The van der Waals surface area contributed by atoms with Gasteiger partial charge in [0.05, 0.1) is 11.3 Å². The Labute approximate surface area is 172 Å². The number of nitrogens with one attached hydrogen (secondary N) is 1. The Hall–Kier alpha value is -3.14. The molecular formula is C25H28N2O2. The van der Waals surface area contributed by atoms with E-state index in [-0.39, 0.29) is 17.2 Å². The van der Waals surface area contributed by atoms with Crippen LogP contribution in [0.4, 0.5) is 0 Å². The lowest BCUT2D eigenvalue weighted by atomic mass is 10.1. The third-order valence-electron chi connectivity index (χ3n) is 4.91. The number of unbranched alkanes of at least 4 members (excludes halogenated alkanes) is 4. The van der Waals surface area contributed by atoms with Gasteiger partial charge in [-0.3, -0.25) is 4.79 Å². The lowest BCUT2D eigenvalue weighted by Gasteiger charge is -2.09.